The molecule has 0 aliphatic carbocycles. The van der Waals surface area contributed by atoms with Crippen molar-refractivity contribution in [3.05, 3.63) is 286 Å². The Bertz CT molecular complexity index is 5450. The van der Waals surface area contributed by atoms with Crippen molar-refractivity contribution >= 4 is 161 Å². The van der Waals surface area contributed by atoms with E-state index in [1.54, 1.807) is 115 Å². The standard InChI is InChI=1S/C16H14ClNO2S.C14H19ClN2.C14H10ClNO2S.C12H11ClN2O2.C12H15ClN2.C10H10ClN/c1-2-14-11-12-10-13(17)8-9-16(12)18(14)21(19,20)15-6-4-3-5-7-15;1-4-13-11(7-8-17(2)3)12-9-10(15)5-6-14(12)16-13;15-12-6-7-14-11(10-12)8-9-16(14)19(17,18)13-4-2-1-3-5-13;1-2-11-9(5-6-15(16)17)10-7-8(13)3-4-12(10)14-11;1-2-11-9(5-6-14)10-7-8(13)3-4-12(10)15-11;1-2-9-6-7-5-8(11)3-4-10(7)12-9/h3-11H,2H2,1H3;5-6,9,16H,4,7-8H2,1-3H3;1-10H;3-7,14H,2H2,1H3;3-4,7,15H,2,5-6,14H2,1H3;3-6,12H,2H2,1H3/b;;;6-5+;;. The molecule has 6 aromatic heterocycles. The Labute approximate surface area is 619 Å². The maximum Gasteiger partial charge on any atom is 0.268 e. The van der Waals surface area contributed by atoms with Crippen LogP contribution in [0.2, 0.25) is 30.1 Å². The van der Waals surface area contributed by atoms with Crippen molar-refractivity contribution < 1.29 is 21.8 Å². The topological polar surface area (TPSA) is 214 Å². The third-order valence-electron chi connectivity index (χ3n) is 16.8. The SMILES string of the molecule is CCc1[nH]c2ccc(Cl)cc2c1/C=C/[N+](=O)[O-].CCc1[nH]c2ccc(Cl)cc2c1CCN.CCc1[nH]c2ccc(Cl)cc2c1CCN(C)C.CCc1cc2cc(Cl)ccc2[nH]1.CCc1cc2cc(Cl)ccc2n1S(=O)(=O)c1ccccc1.O=S(=O)(c1ccccc1)n1ccc2cc(Cl)ccc21. The van der Waals surface area contributed by atoms with Crippen molar-refractivity contribution in [2.24, 2.45) is 5.73 Å². The van der Waals surface area contributed by atoms with Crippen LogP contribution in [0.5, 0.6) is 0 Å². The van der Waals surface area contributed by atoms with Gasteiger partial charge in [-0.25, -0.2) is 24.8 Å². The molecule has 0 fully saturated rings. The Morgan fingerprint density at radius 3 is 1.44 bits per heavy atom. The van der Waals surface area contributed by atoms with Gasteiger partial charge in [-0.15, -0.1) is 0 Å². The summed E-state index contributed by atoms with van der Waals surface area (Å²) in [5, 5.41) is 20.8. The Kier molecular flexibility index (Phi) is 26.7. The molecule has 101 heavy (non-hydrogen) atoms. The van der Waals surface area contributed by atoms with Crippen LogP contribution in [0.15, 0.2) is 210 Å². The molecule has 0 bridgehead atoms. The van der Waals surface area contributed by atoms with Crippen LogP contribution in [0, 0.1) is 10.1 Å². The molecule has 0 aliphatic rings. The Morgan fingerprint density at radius 2 is 0.931 bits per heavy atom. The third-order valence-corrected chi connectivity index (χ3v) is 21.7. The minimum Gasteiger partial charge on any atom is -0.358 e. The van der Waals surface area contributed by atoms with Crippen LogP contribution >= 0.6 is 69.6 Å². The molecule has 0 amide bonds. The lowest BCUT2D eigenvalue weighted by Gasteiger charge is -2.11. The zero-order chi connectivity index (χ0) is 72.7. The van der Waals surface area contributed by atoms with Crippen molar-refractivity contribution in [2.75, 3.05) is 27.2 Å². The second-order valence-corrected chi connectivity index (χ2v) is 30.0. The van der Waals surface area contributed by atoms with Gasteiger partial charge in [-0.05, 0) is 228 Å². The molecule has 14 rings (SSSR count). The quantitative estimate of drug-likeness (QED) is 0.0462. The zero-order valence-electron chi connectivity index (χ0n) is 56.9. The lowest BCUT2D eigenvalue weighted by Crippen LogP contribution is -2.15. The lowest BCUT2D eigenvalue weighted by molar-refractivity contribution is -0.400. The number of aromatic amines is 4. The van der Waals surface area contributed by atoms with Crippen molar-refractivity contribution in [2.45, 2.75) is 89.4 Å². The van der Waals surface area contributed by atoms with Crippen LogP contribution in [-0.2, 0) is 65.0 Å². The van der Waals surface area contributed by atoms with E-state index < -0.39 is 25.0 Å². The molecule has 0 radical (unpaired) electrons. The highest BCUT2D eigenvalue weighted by Crippen LogP contribution is 2.32. The molecule has 14 aromatic rings. The van der Waals surface area contributed by atoms with Crippen LogP contribution in [-0.4, -0.2) is 81.7 Å². The van der Waals surface area contributed by atoms with E-state index in [1.807, 2.05) is 74.5 Å². The molecule has 0 spiro atoms. The summed E-state index contributed by atoms with van der Waals surface area (Å²) in [5.41, 5.74) is 20.5. The molecule has 6 N–H and O–H groups in total. The Morgan fingerprint density at radius 1 is 0.475 bits per heavy atom. The lowest BCUT2D eigenvalue weighted by atomic mass is 10.1. The van der Waals surface area contributed by atoms with Crippen molar-refractivity contribution in [1.82, 2.24) is 32.8 Å². The third kappa shape index (κ3) is 18.9. The molecule has 0 unspecified atom stereocenters. The first-order chi connectivity index (χ1) is 48.4. The number of aryl methyl sites for hydroxylation is 5. The van der Waals surface area contributed by atoms with Gasteiger partial charge in [0.15, 0.2) is 0 Å². The number of halogens is 6. The van der Waals surface area contributed by atoms with Crippen molar-refractivity contribution in [1.29, 1.82) is 0 Å². The summed E-state index contributed by atoms with van der Waals surface area (Å²) in [4.78, 5) is 26.1. The van der Waals surface area contributed by atoms with Crippen LogP contribution in [0.25, 0.3) is 71.5 Å². The highest BCUT2D eigenvalue weighted by atomic mass is 35.5. The first kappa shape index (κ1) is 76.9. The predicted octanol–water partition coefficient (Wildman–Crippen LogP) is 21.0. The number of likely N-dealkylation sites (N-methyl/N-ethyl adjacent to an activating group) is 1. The fourth-order valence-electron chi connectivity index (χ4n) is 11.9. The summed E-state index contributed by atoms with van der Waals surface area (Å²) in [7, 11) is -2.96. The van der Waals surface area contributed by atoms with Gasteiger partial charge in [0, 0.05) is 137 Å². The van der Waals surface area contributed by atoms with Gasteiger partial charge in [-0.2, -0.15) is 0 Å². The average molecular weight is 1520 g/mol. The first-order valence-corrected chi connectivity index (χ1v) is 38.1. The molecule has 0 saturated carbocycles. The number of benzene rings is 8. The van der Waals surface area contributed by atoms with Gasteiger partial charge in [-0.1, -0.05) is 141 Å². The number of fused-ring (bicyclic) bond motifs is 6. The number of nitrogens with two attached hydrogens (primary N) is 1. The summed E-state index contributed by atoms with van der Waals surface area (Å²) in [6, 6.07) is 56.3. The number of rotatable bonds is 16. The van der Waals surface area contributed by atoms with E-state index in [0.717, 1.165) is 116 Å². The highest BCUT2D eigenvalue weighted by molar-refractivity contribution is 7.90. The normalized spacial score (nSPS) is 11.5. The Hall–Kier alpha value is -8.30. The summed E-state index contributed by atoms with van der Waals surface area (Å²) < 4.78 is 53.5. The highest BCUT2D eigenvalue weighted by Gasteiger charge is 2.23. The molecular weight excluding hydrogens is 1440 g/mol. The van der Waals surface area contributed by atoms with Gasteiger partial charge in [0.05, 0.1) is 25.7 Å². The van der Waals surface area contributed by atoms with Gasteiger partial charge in [0.2, 0.25) is 6.20 Å². The zero-order valence-corrected chi connectivity index (χ0v) is 63.1. The van der Waals surface area contributed by atoms with Gasteiger partial charge in [0.1, 0.15) is 0 Å². The molecule has 0 atom stereocenters. The smallest absolute Gasteiger partial charge is 0.268 e. The van der Waals surface area contributed by atoms with Crippen LogP contribution < -0.4 is 5.73 Å². The minimum atomic E-state index is -3.60. The molecule has 0 aliphatic heterocycles. The van der Waals surface area contributed by atoms with Gasteiger partial charge in [-0.3, -0.25) is 10.1 Å². The fourth-order valence-corrected chi connectivity index (χ4v) is 15.9. The van der Waals surface area contributed by atoms with E-state index in [-0.39, 0.29) is 9.79 Å². The largest absolute Gasteiger partial charge is 0.358 e. The van der Waals surface area contributed by atoms with E-state index in [4.69, 9.17) is 75.3 Å². The fraction of sp³-hybridized carbons (Fsp3) is 0.205. The summed E-state index contributed by atoms with van der Waals surface area (Å²) in [6.07, 6.45) is 10.4. The molecule has 6 heterocycles. The number of hydrogen-bond donors (Lipinski definition) is 5. The number of aromatic nitrogens is 6. The van der Waals surface area contributed by atoms with E-state index in [0.29, 0.717) is 39.1 Å². The number of nitrogens with zero attached hydrogens (tertiary/aromatic N) is 4. The van der Waals surface area contributed by atoms with Crippen molar-refractivity contribution in [3.8, 4) is 0 Å². The van der Waals surface area contributed by atoms with Gasteiger partial charge in [0.25, 0.3) is 20.0 Å². The number of nitro groups is 1. The van der Waals surface area contributed by atoms with Crippen LogP contribution in [0.1, 0.15) is 79.8 Å². The second kappa shape index (κ2) is 35.1. The maximum absolute atomic E-state index is 12.9. The number of H-pyrrole nitrogens is 4. The minimum absolute atomic E-state index is 0.266. The molecule has 23 heteroatoms. The monoisotopic (exact) mass is 1510 g/mol. The molecule has 15 nitrogen and oxygen atoms in total. The van der Waals surface area contributed by atoms with Gasteiger partial charge < -0.3 is 30.6 Å². The average Bonchev–Trinajstić information content (AvgIpc) is 1.40. The van der Waals surface area contributed by atoms with Crippen LogP contribution in [0.4, 0.5) is 0 Å². The summed E-state index contributed by atoms with van der Waals surface area (Å²) in [5.74, 6) is 0. The van der Waals surface area contributed by atoms with E-state index in [9.17, 15) is 26.9 Å². The van der Waals surface area contributed by atoms with Crippen LogP contribution in [0.3, 0.4) is 0 Å². The van der Waals surface area contributed by atoms with E-state index in [2.05, 4.69) is 77.9 Å². The summed E-state index contributed by atoms with van der Waals surface area (Å²) >= 11 is 35.8. The second-order valence-electron chi connectivity index (χ2n) is 23.8. The predicted molar refractivity (Wildman–Crippen MR) is 423 cm³/mol. The first-order valence-electron chi connectivity index (χ1n) is 32.9. The Balaban J connectivity index is 0.000000142. The molecule has 0 saturated heterocycles. The molecule has 8 aromatic carbocycles. The molecular formula is C78H79Cl6N9O6S2. The van der Waals surface area contributed by atoms with Gasteiger partial charge >= 0.3 is 0 Å². The van der Waals surface area contributed by atoms with E-state index in [1.165, 1.54) is 63.9 Å². The molecule has 526 valence electrons. The van der Waals surface area contributed by atoms with Crippen molar-refractivity contribution in [3.63, 3.8) is 0 Å². The number of hydrogen-bond acceptors (Lipinski definition) is 8. The maximum atomic E-state index is 12.9. The van der Waals surface area contributed by atoms with E-state index >= 15 is 0 Å². The summed E-state index contributed by atoms with van der Waals surface area (Å²) in [6.45, 7) is 12.1. The number of nitrogens with one attached hydrogen (secondary N) is 4.